The number of methoxy groups -OCH3 is 1. The van der Waals surface area contributed by atoms with Crippen LogP contribution in [0.4, 0.5) is 17.5 Å². The highest BCUT2D eigenvalue weighted by molar-refractivity contribution is 6.31. The quantitative estimate of drug-likeness (QED) is 0.821. The smallest absolute Gasteiger partial charge is 0.247 e. The lowest BCUT2D eigenvalue weighted by atomic mass is 10.3. The van der Waals surface area contributed by atoms with E-state index in [4.69, 9.17) is 16.3 Å². The molecule has 1 aliphatic rings. The minimum Gasteiger partial charge on any atom is -0.495 e. The van der Waals surface area contributed by atoms with Crippen LogP contribution in [0.15, 0.2) is 24.4 Å². The van der Waals surface area contributed by atoms with Crippen molar-refractivity contribution in [1.82, 2.24) is 20.1 Å². The van der Waals surface area contributed by atoms with E-state index in [-0.39, 0.29) is 0 Å². The van der Waals surface area contributed by atoms with Gasteiger partial charge in [0.05, 0.1) is 19.0 Å². The second kappa shape index (κ2) is 7.31. The molecule has 0 aliphatic carbocycles. The van der Waals surface area contributed by atoms with Crippen LogP contribution in [0.5, 0.6) is 5.75 Å². The molecule has 0 spiro atoms. The fraction of sp³-hybridized carbons (Fsp3) is 0.333. The second-order valence-electron chi connectivity index (χ2n) is 5.24. The molecule has 3 rings (SSSR count). The first-order valence-electron chi connectivity index (χ1n) is 7.44. The predicted octanol–water partition coefficient (Wildman–Crippen LogP) is 1.56. The number of hydrogen-bond donors (Lipinski definition) is 1. The Balaban J connectivity index is 1.76. The molecule has 0 atom stereocenters. The first kappa shape index (κ1) is 16.3. The van der Waals surface area contributed by atoms with Crippen LogP contribution >= 0.6 is 11.6 Å². The van der Waals surface area contributed by atoms with Crippen molar-refractivity contribution in [2.45, 2.75) is 0 Å². The number of ether oxygens (including phenoxy) is 1. The zero-order chi connectivity index (χ0) is 16.9. The number of piperazine rings is 1. The van der Waals surface area contributed by atoms with Crippen LogP contribution in [0.1, 0.15) is 0 Å². The molecule has 0 unspecified atom stereocenters. The van der Waals surface area contributed by atoms with Gasteiger partial charge < -0.3 is 19.9 Å². The number of carbonyl (C=O) groups excluding carboxylic acids is 1. The third-order valence-electron chi connectivity index (χ3n) is 3.72. The molecule has 1 aromatic heterocycles. The number of nitrogens with one attached hydrogen (secondary N) is 1. The Morgan fingerprint density at radius 1 is 1.29 bits per heavy atom. The molecular formula is C15H17ClN6O2. The van der Waals surface area contributed by atoms with Crippen molar-refractivity contribution in [3.8, 4) is 5.75 Å². The summed E-state index contributed by atoms with van der Waals surface area (Å²) in [6.45, 7) is 2.63. The van der Waals surface area contributed by atoms with Gasteiger partial charge in [-0.1, -0.05) is 11.6 Å². The van der Waals surface area contributed by atoms with Crippen LogP contribution in [0, 0.1) is 0 Å². The normalized spacial score (nSPS) is 14.4. The summed E-state index contributed by atoms with van der Waals surface area (Å²) in [5.41, 5.74) is 0.697. The van der Waals surface area contributed by atoms with Gasteiger partial charge in [0.1, 0.15) is 5.75 Å². The van der Waals surface area contributed by atoms with Crippen molar-refractivity contribution in [3.05, 3.63) is 29.4 Å². The summed E-state index contributed by atoms with van der Waals surface area (Å²) >= 11 is 6.04. The molecule has 126 valence electrons. The molecule has 24 heavy (non-hydrogen) atoms. The Morgan fingerprint density at radius 3 is 2.79 bits per heavy atom. The number of nitrogens with zero attached hydrogens (tertiary/aromatic N) is 5. The number of aromatic nitrogens is 3. The number of rotatable bonds is 5. The molecule has 1 aliphatic heterocycles. The molecule has 1 saturated heterocycles. The molecule has 1 N–H and O–H groups in total. The van der Waals surface area contributed by atoms with Gasteiger partial charge in [0.25, 0.3) is 0 Å². The maximum Gasteiger partial charge on any atom is 0.247 e. The SMILES string of the molecule is COc1ccc(Cl)cc1Nc1cnnc(N2CCN(C=O)CC2)n1. The zero-order valence-electron chi connectivity index (χ0n) is 13.1. The van der Waals surface area contributed by atoms with Gasteiger partial charge in [0.2, 0.25) is 12.4 Å². The molecule has 1 fully saturated rings. The van der Waals surface area contributed by atoms with Crippen LogP contribution < -0.4 is 15.0 Å². The van der Waals surface area contributed by atoms with Gasteiger partial charge >= 0.3 is 0 Å². The Kier molecular flexibility index (Phi) is 4.95. The van der Waals surface area contributed by atoms with Crippen LogP contribution in [0.3, 0.4) is 0 Å². The molecule has 0 radical (unpaired) electrons. The summed E-state index contributed by atoms with van der Waals surface area (Å²) in [5, 5.41) is 11.8. The largest absolute Gasteiger partial charge is 0.495 e. The molecule has 9 heteroatoms. The van der Waals surface area contributed by atoms with E-state index >= 15 is 0 Å². The van der Waals surface area contributed by atoms with Crippen LogP contribution in [-0.4, -0.2) is 59.8 Å². The number of carbonyl (C=O) groups is 1. The van der Waals surface area contributed by atoms with Crippen LogP contribution in [0.25, 0.3) is 0 Å². The van der Waals surface area contributed by atoms with Crippen molar-refractivity contribution < 1.29 is 9.53 Å². The highest BCUT2D eigenvalue weighted by atomic mass is 35.5. The first-order chi connectivity index (χ1) is 11.7. The fourth-order valence-corrected chi connectivity index (χ4v) is 2.60. The summed E-state index contributed by atoms with van der Waals surface area (Å²) in [4.78, 5) is 19.0. The lowest BCUT2D eigenvalue weighted by molar-refractivity contribution is -0.118. The van der Waals surface area contributed by atoms with Gasteiger partial charge in [-0.05, 0) is 18.2 Å². The van der Waals surface area contributed by atoms with E-state index in [2.05, 4.69) is 20.5 Å². The molecule has 2 heterocycles. The average Bonchev–Trinajstić information content (AvgIpc) is 2.62. The van der Waals surface area contributed by atoms with E-state index in [0.717, 1.165) is 6.41 Å². The van der Waals surface area contributed by atoms with E-state index in [1.54, 1.807) is 30.2 Å². The van der Waals surface area contributed by atoms with E-state index in [0.29, 0.717) is 54.4 Å². The average molecular weight is 349 g/mol. The molecular weight excluding hydrogens is 332 g/mol. The lowest BCUT2D eigenvalue weighted by Gasteiger charge is -2.32. The molecule has 0 bridgehead atoms. The first-order valence-corrected chi connectivity index (χ1v) is 7.82. The maximum atomic E-state index is 10.8. The predicted molar refractivity (Wildman–Crippen MR) is 91.0 cm³/mol. The minimum atomic E-state index is 0.520. The summed E-state index contributed by atoms with van der Waals surface area (Å²) in [5.74, 6) is 1.71. The highest BCUT2D eigenvalue weighted by Crippen LogP contribution is 2.30. The van der Waals surface area contributed by atoms with Crippen LogP contribution in [0.2, 0.25) is 5.02 Å². The Morgan fingerprint density at radius 2 is 2.08 bits per heavy atom. The van der Waals surface area contributed by atoms with Gasteiger partial charge in [0.15, 0.2) is 5.82 Å². The van der Waals surface area contributed by atoms with E-state index < -0.39 is 0 Å². The number of anilines is 3. The zero-order valence-corrected chi connectivity index (χ0v) is 13.9. The Bertz CT molecular complexity index is 721. The number of amides is 1. The summed E-state index contributed by atoms with van der Waals surface area (Å²) in [6.07, 6.45) is 2.39. The standard InChI is InChI=1S/C15H17ClN6O2/c1-24-13-3-2-11(16)8-12(13)18-14-9-17-20-15(19-14)22-6-4-21(10-23)5-7-22/h2-3,8-10H,4-7H2,1H3,(H,18,19,20). The van der Waals surface area contributed by atoms with Crippen molar-refractivity contribution in [2.24, 2.45) is 0 Å². The van der Waals surface area contributed by atoms with Crippen LogP contribution in [-0.2, 0) is 4.79 Å². The molecule has 2 aromatic rings. The third kappa shape index (κ3) is 3.65. The second-order valence-corrected chi connectivity index (χ2v) is 5.68. The topological polar surface area (TPSA) is 83.5 Å². The van der Waals surface area contributed by atoms with Crippen molar-refractivity contribution >= 4 is 35.5 Å². The lowest BCUT2D eigenvalue weighted by Crippen LogP contribution is -2.46. The highest BCUT2D eigenvalue weighted by Gasteiger charge is 2.18. The maximum absolute atomic E-state index is 10.8. The summed E-state index contributed by atoms with van der Waals surface area (Å²) < 4.78 is 5.31. The third-order valence-corrected chi connectivity index (χ3v) is 3.95. The van der Waals surface area contributed by atoms with E-state index in [1.807, 2.05) is 4.90 Å². The number of hydrogen-bond acceptors (Lipinski definition) is 7. The molecule has 1 aromatic carbocycles. The van der Waals surface area contributed by atoms with E-state index in [9.17, 15) is 4.79 Å². The summed E-state index contributed by atoms with van der Waals surface area (Å²) in [6, 6.07) is 5.28. The summed E-state index contributed by atoms with van der Waals surface area (Å²) in [7, 11) is 1.59. The number of benzene rings is 1. The monoisotopic (exact) mass is 348 g/mol. The van der Waals surface area contributed by atoms with E-state index in [1.165, 1.54) is 6.20 Å². The fourth-order valence-electron chi connectivity index (χ4n) is 2.43. The Hall–Kier alpha value is -2.61. The molecule has 8 nitrogen and oxygen atoms in total. The number of halogens is 1. The van der Waals surface area contributed by atoms with Gasteiger partial charge in [-0.15, -0.1) is 5.10 Å². The Labute approximate surface area is 144 Å². The van der Waals surface area contributed by atoms with Gasteiger partial charge in [-0.25, -0.2) is 0 Å². The molecule has 0 saturated carbocycles. The van der Waals surface area contributed by atoms with Crippen molar-refractivity contribution in [2.75, 3.05) is 43.5 Å². The van der Waals surface area contributed by atoms with Crippen molar-refractivity contribution in [3.63, 3.8) is 0 Å². The minimum absolute atomic E-state index is 0.520. The molecule has 1 amide bonds. The van der Waals surface area contributed by atoms with Crippen molar-refractivity contribution in [1.29, 1.82) is 0 Å². The van der Waals surface area contributed by atoms with Gasteiger partial charge in [-0.2, -0.15) is 10.1 Å². The van der Waals surface area contributed by atoms with Gasteiger partial charge in [0, 0.05) is 31.2 Å². The van der Waals surface area contributed by atoms with Gasteiger partial charge in [-0.3, -0.25) is 4.79 Å².